The van der Waals surface area contributed by atoms with Crippen LogP contribution < -0.4 is 0 Å². The molecule has 22 heavy (non-hydrogen) atoms. The average molecular weight is 366 g/mol. The van der Waals surface area contributed by atoms with Gasteiger partial charge >= 0.3 is 0 Å². The third kappa shape index (κ3) is 2.67. The maximum atomic E-state index is 14.0. The number of hydrogen-bond acceptors (Lipinski definition) is 3. The van der Waals surface area contributed by atoms with Crippen LogP contribution in [0.5, 0.6) is 0 Å². The summed E-state index contributed by atoms with van der Waals surface area (Å²) in [6.07, 6.45) is 0. The minimum atomic E-state index is -0.486. The summed E-state index contributed by atoms with van der Waals surface area (Å²) in [5.41, 5.74) is 1.48. The Labute approximate surface area is 133 Å². The summed E-state index contributed by atoms with van der Waals surface area (Å²) >= 11 is 3.27. The molecule has 3 rings (SSSR count). The molecule has 0 spiro atoms. The number of benzene rings is 2. The Balaban J connectivity index is 2.15. The van der Waals surface area contributed by atoms with Gasteiger partial charge in [0, 0.05) is 10.0 Å². The first-order chi connectivity index (χ1) is 10.6. The molecule has 0 aliphatic rings. The van der Waals surface area contributed by atoms with Gasteiger partial charge in [-0.1, -0.05) is 21.1 Å². The van der Waals surface area contributed by atoms with Gasteiger partial charge < -0.3 is 9.63 Å². The van der Waals surface area contributed by atoms with Crippen molar-refractivity contribution >= 4 is 15.9 Å². The molecule has 1 heterocycles. The number of aliphatic hydroxyl groups excluding tert-OH is 1. The first-order valence-corrected chi connectivity index (χ1v) is 7.20. The molecule has 0 bridgehead atoms. The van der Waals surface area contributed by atoms with Crippen LogP contribution in [0.15, 0.2) is 51.5 Å². The number of hydrogen-bond donors (Lipinski definition) is 1. The first kappa shape index (κ1) is 14.9. The molecule has 0 saturated heterocycles. The lowest BCUT2D eigenvalue weighted by Gasteiger charge is -2.03. The van der Waals surface area contributed by atoms with Gasteiger partial charge in [0.05, 0.1) is 17.7 Å². The van der Waals surface area contributed by atoms with E-state index in [1.54, 1.807) is 12.1 Å². The van der Waals surface area contributed by atoms with Gasteiger partial charge in [-0.15, -0.1) is 0 Å². The Bertz CT molecular complexity index is 816. The van der Waals surface area contributed by atoms with E-state index in [9.17, 15) is 13.9 Å². The molecule has 0 aliphatic carbocycles. The summed E-state index contributed by atoms with van der Waals surface area (Å²) in [6.45, 7) is -0.377. The normalized spacial score (nSPS) is 10.9. The minimum Gasteiger partial charge on any atom is -0.391 e. The van der Waals surface area contributed by atoms with Crippen molar-refractivity contribution in [3.8, 4) is 22.6 Å². The third-order valence-electron chi connectivity index (χ3n) is 3.24. The second-order valence-electron chi connectivity index (χ2n) is 4.63. The van der Waals surface area contributed by atoms with Crippen molar-refractivity contribution in [2.75, 3.05) is 0 Å². The fourth-order valence-electron chi connectivity index (χ4n) is 2.17. The van der Waals surface area contributed by atoms with Gasteiger partial charge in [0.25, 0.3) is 0 Å². The van der Waals surface area contributed by atoms with E-state index >= 15 is 0 Å². The molecule has 3 aromatic rings. The maximum Gasteiger partial charge on any atom is 0.175 e. The molecule has 1 aromatic heterocycles. The average Bonchev–Trinajstić information content (AvgIpc) is 2.94. The van der Waals surface area contributed by atoms with E-state index in [2.05, 4.69) is 21.1 Å². The van der Waals surface area contributed by atoms with Crippen molar-refractivity contribution in [3.05, 3.63) is 64.1 Å². The van der Waals surface area contributed by atoms with E-state index in [1.165, 1.54) is 30.3 Å². The predicted molar refractivity (Wildman–Crippen MR) is 80.9 cm³/mol. The second kappa shape index (κ2) is 5.98. The lowest BCUT2D eigenvalue weighted by atomic mass is 10.0. The van der Waals surface area contributed by atoms with Crippen LogP contribution in [0, 0.1) is 11.6 Å². The second-order valence-corrected chi connectivity index (χ2v) is 5.54. The number of nitrogens with zero attached hydrogens (tertiary/aromatic N) is 1. The van der Waals surface area contributed by atoms with Crippen molar-refractivity contribution in [1.29, 1.82) is 0 Å². The summed E-state index contributed by atoms with van der Waals surface area (Å²) in [7, 11) is 0. The van der Waals surface area contributed by atoms with Crippen molar-refractivity contribution in [2.24, 2.45) is 0 Å². The van der Waals surface area contributed by atoms with Crippen LogP contribution in [0.2, 0.25) is 0 Å². The SMILES string of the molecule is OCc1c(-c2ccc(F)cc2)noc1-c1cc(Br)ccc1F. The fraction of sp³-hybridized carbons (Fsp3) is 0.0625. The Morgan fingerprint density at radius 1 is 1.09 bits per heavy atom. The molecule has 3 nitrogen and oxygen atoms in total. The summed E-state index contributed by atoms with van der Waals surface area (Å²) in [6, 6.07) is 10.0. The van der Waals surface area contributed by atoms with Crippen molar-refractivity contribution in [1.82, 2.24) is 5.16 Å². The highest BCUT2D eigenvalue weighted by atomic mass is 79.9. The van der Waals surface area contributed by atoms with Crippen LogP contribution in [0.3, 0.4) is 0 Å². The van der Waals surface area contributed by atoms with E-state index < -0.39 is 5.82 Å². The maximum absolute atomic E-state index is 14.0. The minimum absolute atomic E-state index is 0.153. The van der Waals surface area contributed by atoms with Crippen LogP contribution in [-0.2, 0) is 6.61 Å². The number of halogens is 3. The van der Waals surface area contributed by atoms with Crippen LogP contribution in [-0.4, -0.2) is 10.3 Å². The van der Waals surface area contributed by atoms with Gasteiger partial charge in [-0.25, -0.2) is 8.78 Å². The van der Waals surface area contributed by atoms with E-state index in [-0.39, 0.29) is 23.7 Å². The molecular formula is C16H10BrF2NO2. The molecule has 0 atom stereocenters. The lowest BCUT2D eigenvalue weighted by Crippen LogP contribution is -1.91. The molecule has 0 fully saturated rings. The van der Waals surface area contributed by atoms with Crippen LogP contribution in [0.4, 0.5) is 8.78 Å². The lowest BCUT2D eigenvalue weighted by molar-refractivity contribution is 0.281. The standard InChI is InChI=1S/C16H10BrF2NO2/c17-10-3-6-14(19)12(7-10)16-13(8-21)15(20-22-16)9-1-4-11(18)5-2-9/h1-7,21H,8H2. The largest absolute Gasteiger partial charge is 0.391 e. The fourth-order valence-corrected chi connectivity index (χ4v) is 2.53. The van der Waals surface area contributed by atoms with Crippen molar-refractivity contribution in [3.63, 3.8) is 0 Å². The van der Waals surface area contributed by atoms with Crippen molar-refractivity contribution in [2.45, 2.75) is 6.61 Å². The number of rotatable bonds is 3. The third-order valence-corrected chi connectivity index (χ3v) is 3.73. The van der Waals surface area contributed by atoms with Gasteiger partial charge in [-0.2, -0.15) is 0 Å². The number of aromatic nitrogens is 1. The topological polar surface area (TPSA) is 46.3 Å². The summed E-state index contributed by atoms with van der Waals surface area (Å²) in [5.74, 6) is -0.712. The van der Waals surface area contributed by atoms with Gasteiger partial charge in [0.1, 0.15) is 17.3 Å². The van der Waals surface area contributed by atoms with Crippen LogP contribution in [0.1, 0.15) is 5.56 Å². The molecular weight excluding hydrogens is 356 g/mol. The summed E-state index contributed by atoms with van der Waals surface area (Å²) in [5, 5.41) is 13.5. The highest BCUT2D eigenvalue weighted by Gasteiger charge is 2.21. The molecule has 2 aromatic carbocycles. The van der Waals surface area contributed by atoms with Gasteiger partial charge in [-0.3, -0.25) is 0 Å². The molecule has 0 saturated carbocycles. The quantitative estimate of drug-likeness (QED) is 0.740. The molecule has 1 N–H and O–H groups in total. The summed E-state index contributed by atoms with van der Waals surface area (Å²) in [4.78, 5) is 0. The van der Waals surface area contributed by atoms with E-state index in [4.69, 9.17) is 4.52 Å². The van der Waals surface area contributed by atoms with Crippen molar-refractivity contribution < 1.29 is 18.4 Å². The first-order valence-electron chi connectivity index (χ1n) is 6.41. The van der Waals surface area contributed by atoms with Gasteiger partial charge in [0.2, 0.25) is 0 Å². The highest BCUT2D eigenvalue weighted by Crippen LogP contribution is 2.34. The van der Waals surface area contributed by atoms with E-state index in [0.29, 0.717) is 21.3 Å². The monoisotopic (exact) mass is 365 g/mol. The molecule has 112 valence electrons. The highest BCUT2D eigenvalue weighted by molar-refractivity contribution is 9.10. The molecule has 6 heteroatoms. The van der Waals surface area contributed by atoms with Crippen LogP contribution >= 0.6 is 15.9 Å². The smallest absolute Gasteiger partial charge is 0.175 e. The predicted octanol–water partition coefficient (Wildman–Crippen LogP) is 4.54. The molecule has 0 unspecified atom stereocenters. The van der Waals surface area contributed by atoms with Crippen LogP contribution in [0.25, 0.3) is 22.6 Å². The Hall–Kier alpha value is -2.05. The summed E-state index contributed by atoms with van der Waals surface area (Å²) < 4.78 is 32.9. The Kier molecular flexibility index (Phi) is 4.04. The Morgan fingerprint density at radius 2 is 1.82 bits per heavy atom. The van der Waals surface area contributed by atoms with E-state index in [0.717, 1.165) is 0 Å². The molecule has 0 amide bonds. The Morgan fingerprint density at radius 3 is 2.50 bits per heavy atom. The van der Waals surface area contributed by atoms with E-state index in [1.807, 2.05) is 0 Å². The zero-order valence-electron chi connectivity index (χ0n) is 11.2. The molecule has 0 radical (unpaired) electrons. The number of aliphatic hydroxyl groups is 1. The van der Waals surface area contributed by atoms with Gasteiger partial charge in [0.15, 0.2) is 5.76 Å². The zero-order chi connectivity index (χ0) is 15.7. The zero-order valence-corrected chi connectivity index (χ0v) is 12.8. The molecule has 0 aliphatic heterocycles. The van der Waals surface area contributed by atoms with Gasteiger partial charge in [-0.05, 0) is 42.5 Å².